The van der Waals surface area contributed by atoms with Gasteiger partial charge in [0.25, 0.3) is 0 Å². The third kappa shape index (κ3) is 3.18. The Kier molecular flexibility index (Phi) is 4.30. The lowest BCUT2D eigenvalue weighted by Gasteiger charge is -2.36. The Bertz CT molecular complexity index is 452. The van der Waals surface area contributed by atoms with E-state index >= 15 is 0 Å². The molecule has 0 aliphatic heterocycles. The van der Waals surface area contributed by atoms with E-state index in [1.165, 1.54) is 25.7 Å². The molecular formula is C15H23NO3. The SMILES string of the molecule is Cc1oc(C(=O)O)cc1CN(C)C1CCCCC1C. The number of carboxylic acids is 1. The topological polar surface area (TPSA) is 53.7 Å². The first kappa shape index (κ1) is 14.1. The van der Waals surface area contributed by atoms with Gasteiger partial charge in [-0.1, -0.05) is 19.8 Å². The maximum atomic E-state index is 10.9. The maximum absolute atomic E-state index is 10.9. The third-order valence-electron chi connectivity index (χ3n) is 4.28. The van der Waals surface area contributed by atoms with Crippen LogP contribution in [0, 0.1) is 12.8 Å². The van der Waals surface area contributed by atoms with Gasteiger partial charge in [-0.2, -0.15) is 0 Å². The van der Waals surface area contributed by atoms with Crippen molar-refractivity contribution >= 4 is 5.97 Å². The van der Waals surface area contributed by atoms with Crippen LogP contribution >= 0.6 is 0 Å². The number of carboxylic acid groups (broad SMARTS) is 1. The molecule has 0 spiro atoms. The van der Waals surface area contributed by atoms with Gasteiger partial charge in [0.05, 0.1) is 0 Å². The number of hydrogen-bond donors (Lipinski definition) is 1. The molecule has 0 amide bonds. The number of aryl methyl sites for hydroxylation is 1. The number of carbonyl (C=O) groups is 1. The zero-order valence-corrected chi connectivity index (χ0v) is 12.0. The monoisotopic (exact) mass is 265 g/mol. The van der Waals surface area contributed by atoms with Crippen LogP contribution < -0.4 is 0 Å². The van der Waals surface area contributed by atoms with Crippen LogP contribution in [-0.2, 0) is 6.54 Å². The molecule has 1 aliphatic carbocycles. The molecule has 0 aromatic carbocycles. The number of furan rings is 1. The van der Waals surface area contributed by atoms with E-state index in [0.717, 1.165) is 12.1 Å². The highest BCUT2D eigenvalue weighted by atomic mass is 16.4. The van der Waals surface area contributed by atoms with Crippen LogP contribution in [0.15, 0.2) is 10.5 Å². The Morgan fingerprint density at radius 1 is 1.47 bits per heavy atom. The normalized spacial score (nSPS) is 23.8. The lowest BCUT2D eigenvalue weighted by atomic mass is 9.85. The van der Waals surface area contributed by atoms with E-state index in [9.17, 15) is 4.79 Å². The number of nitrogens with zero attached hydrogens (tertiary/aromatic N) is 1. The Balaban J connectivity index is 2.05. The predicted octanol–water partition coefficient (Wildman–Crippen LogP) is 3.30. The molecule has 19 heavy (non-hydrogen) atoms. The predicted molar refractivity (Wildman–Crippen MR) is 73.3 cm³/mol. The number of rotatable bonds is 4. The Morgan fingerprint density at radius 3 is 2.74 bits per heavy atom. The quantitative estimate of drug-likeness (QED) is 0.907. The van der Waals surface area contributed by atoms with Crippen LogP contribution in [0.5, 0.6) is 0 Å². The van der Waals surface area contributed by atoms with Crippen LogP contribution in [0.2, 0.25) is 0 Å². The van der Waals surface area contributed by atoms with E-state index in [2.05, 4.69) is 18.9 Å². The van der Waals surface area contributed by atoms with Crippen LogP contribution in [0.1, 0.15) is 54.5 Å². The summed E-state index contributed by atoms with van der Waals surface area (Å²) in [4.78, 5) is 13.2. The van der Waals surface area contributed by atoms with Crippen molar-refractivity contribution in [2.45, 2.75) is 52.1 Å². The minimum Gasteiger partial charge on any atom is -0.475 e. The van der Waals surface area contributed by atoms with Crippen LogP contribution in [0.4, 0.5) is 0 Å². The minimum atomic E-state index is -0.997. The second kappa shape index (κ2) is 5.78. The van der Waals surface area contributed by atoms with Crippen molar-refractivity contribution in [1.29, 1.82) is 0 Å². The summed E-state index contributed by atoms with van der Waals surface area (Å²) in [5.41, 5.74) is 0.984. The molecule has 0 radical (unpaired) electrons. The molecule has 106 valence electrons. The highest BCUT2D eigenvalue weighted by Crippen LogP contribution is 2.29. The summed E-state index contributed by atoms with van der Waals surface area (Å²) in [6, 6.07) is 2.25. The van der Waals surface area contributed by atoms with E-state index in [1.54, 1.807) is 6.07 Å². The lowest BCUT2D eigenvalue weighted by molar-refractivity contribution is 0.0661. The van der Waals surface area contributed by atoms with E-state index < -0.39 is 5.97 Å². The van der Waals surface area contributed by atoms with Crippen molar-refractivity contribution in [1.82, 2.24) is 4.90 Å². The minimum absolute atomic E-state index is 0.0394. The molecule has 2 unspecified atom stereocenters. The molecule has 1 aromatic rings. The molecule has 1 aliphatic rings. The molecule has 4 heteroatoms. The Hall–Kier alpha value is -1.29. The molecule has 4 nitrogen and oxygen atoms in total. The molecule has 0 saturated heterocycles. The van der Waals surface area contributed by atoms with Crippen LogP contribution in [0.3, 0.4) is 0 Å². The molecule has 2 rings (SSSR count). The van der Waals surface area contributed by atoms with Gasteiger partial charge in [-0.25, -0.2) is 4.79 Å². The standard InChI is InChI=1S/C15H23NO3/c1-10-6-4-5-7-13(10)16(3)9-12-8-14(15(17)18)19-11(12)2/h8,10,13H,4-7,9H2,1-3H3,(H,17,18). The first-order valence-electron chi connectivity index (χ1n) is 7.02. The Labute approximate surface area is 114 Å². The maximum Gasteiger partial charge on any atom is 0.371 e. The molecule has 1 heterocycles. The van der Waals surface area contributed by atoms with E-state index in [0.29, 0.717) is 17.7 Å². The summed E-state index contributed by atoms with van der Waals surface area (Å²) < 4.78 is 5.26. The molecule has 2 atom stereocenters. The summed E-state index contributed by atoms with van der Waals surface area (Å²) in [7, 11) is 2.12. The van der Waals surface area contributed by atoms with Crippen molar-refractivity contribution in [3.63, 3.8) is 0 Å². The molecule has 1 aromatic heterocycles. The molecule has 1 N–H and O–H groups in total. The van der Waals surface area contributed by atoms with Gasteiger partial charge in [-0.05, 0) is 38.8 Å². The van der Waals surface area contributed by atoms with Gasteiger partial charge in [-0.3, -0.25) is 4.90 Å². The highest BCUT2D eigenvalue weighted by Gasteiger charge is 2.26. The van der Waals surface area contributed by atoms with Crippen LogP contribution in [0.25, 0.3) is 0 Å². The highest BCUT2D eigenvalue weighted by molar-refractivity contribution is 5.84. The van der Waals surface area contributed by atoms with Crippen molar-refractivity contribution in [2.24, 2.45) is 5.92 Å². The Morgan fingerprint density at radius 2 is 2.16 bits per heavy atom. The van der Waals surface area contributed by atoms with Crippen molar-refractivity contribution in [3.8, 4) is 0 Å². The second-order valence-corrected chi connectivity index (χ2v) is 5.74. The van der Waals surface area contributed by atoms with Gasteiger partial charge in [0, 0.05) is 18.2 Å². The van der Waals surface area contributed by atoms with Crippen molar-refractivity contribution in [2.75, 3.05) is 7.05 Å². The molecule has 0 bridgehead atoms. The average Bonchev–Trinajstić information content (AvgIpc) is 2.71. The fraction of sp³-hybridized carbons (Fsp3) is 0.667. The second-order valence-electron chi connectivity index (χ2n) is 5.74. The van der Waals surface area contributed by atoms with Crippen molar-refractivity contribution in [3.05, 3.63) is 23.2 Å². The van der Waals surface area contributed by atoms with E-state index in [4.69, 9.17) is 9.52 Å². The summed E-state index contributed by atoms with van der Waals surface area (Å²) >= 11 is 0. The molecular weight excluding hydrogens is 242 g/mol. The summed E-state index contributed by atoms with van der Waals surface area (Å²) in [5, 5.41) is 8.94. The lowest BCUT2D eigenvalue weighted by Crippen LogP contribution is -2.38. The zero-order valence-electron chi connectivity index (χ0n) is 12.0. The summed E-state index contributed by atoms with van der Waals surface area (Å²) in [6.07, 6.45) is 5.16. The van der Waals surface area contributed by atoms with E-state index in [-0.39, 0.29) is 5.76 Å². The van der Waals surface area contributed by atoms with Gasteiger partial charge in [-0.15, -0.1) is 0 Å². The zero-order chi connectivity index (χ0) is 14.0. The molecule has 1 saturated carbocycles. The average molecular weight is 265 g/mol. The van der Waals surface area contributed by atoms with Gasteiger partial charge in [0.1, 0.15) is 5.76 Å². The fourth-order valence-corrected chi connectivity index (χ4v) is 3.12. The van der Waals surface area contributed by atoms with Gasteiger partial charge in [0.15, 0.2) is 0 Å². The van der Waals surface area contributed by atoms with Crippen molar-refractivity contribution < 1.29 is 14.3 Å². The van der Waals surface area contributed by atoms with E-state index in [1.807, 2.05) is 6.92 Å². The number of hydrogen-bond acceptors (Lipinski definition) is 3. The summed E-state index contributed by atoms with van der Waals surface area (Å²) in [6.45, 7) is 4.91. The number of aromatic carboxylic acids is 1. The van der Waals surface area contributed by atoms with Gasteiger partial charge >= 0.3 is 5.97 Å². The smallest absolute Gasteiger partial charge is 0.371 e. The van der Waals surface area contributed by atoms with Gasteiger partial charge < -0.3 is 9.52 Å². The summed E-state index contributed by atoms with van der Waals surface area (Å²) in [5.74, 6) is 0.471. The molecule has 1 fully saturated rings. The fourth-order valence-electron chi connectivity index (χ4n) is 3.12. The van der Waals surface area contributed by atoms with Gasteiger partial charge in [0.2, 0.25) is 5.76 Å². The first-order chi connectivity index (χ1) is 8.99. The van der Waals surface area contributed by atoms with Crippen LogP contribution in [-0.4, -0.2) is 29.1 Å². The largest absolute Gasteiger partial charge is 0.475 e. The first-order valence-corrected chi connectivity index (χ1v) is 7.02. The third-order valence-corrected chi connectivity index (χ3v) is 4.28.